The molecule has 0 bridgehead atoms. The van der Waals surface area contributed by atoms with Gasteiger partial charge in [-0.3, -0.25) is 0 Å². The van der Waals surface area contributed by atoms with Crippen molar-refractivity contribution in [1.29, 1.82) is 0 Å². The maximum absolute atomic E-state index is 9.02. The van der Waals surface area contributed by atoms with Gasteiger partial charge in [0.25, 0.3) is 0 Å². The van der Waals surface area contributed by atoms with Gasteiger partial charge in [-0.15, -0.1) is 0 Å². The molecule has 0 aliphatic carbocycles. The van der Waals surface area contributed by atoms with Crippen LogP contribution in [0.2, 0.25) is 0 Å². The molecule has 0 saturated carbocycles. The first-order valence-electron chi connectivity index (χ1n) is 0.463. The minimum absolute atomic E-state index is 1.90. The molecule has 0 aromatic rings. The zero-order chi connectivity index (χ0) is 3.58. The third-order valence-electron chi connectivity index (χ3n) is 0. The number of hydrogen-bond donors (Lipinski definition) is 0. The molecular weight excluding hydrogens is 166 g/mol. The van der Waals surface area contributed by atoms with E-state index in [1.165, 1.54) is 0 Å². The van der Waals surface area contributed by atoms with Crippen molar-refractivity contribution in [3.63, 3.8) is 0 Å². The van der Waals surface area contributed by atoms with E-state index < -0.39 is 11.4 Å². The Morgan fingerprint density at radius 2 is 1.50 bits per heavy atom. The fourth-order valence-electron chi connectivity index (χ4n) is 0. The van der Waals surface area contributed by atoms with E-state index in [1.807, 2.05) is 13.7 Å². The van der Waals surface area contributed by atoms with Gasteiger partial charge in [0.1, 0.15) is 0 Å². The van der Waals surface area contributed by atoms with Crippen molar-refractivity contribution in [2.75, 3.05) is 0 Å². The zero-order valence-corrected chi connectivity index (χ0v) is 4.50. The quantitative estimate of drug-likeness (QED) is 0.449. The van der Waals surface area contributed by atoms with E-state index in [9.17, 15) is 0 Å². The normalized spacial score (nSPS) is 6.00. The summed E-state index contributed by atoms with van der Waals surface area (Å²) in [7, 11) is 0. The van der Waals surface area contributed by atoms with Gasteiger partial charge in [-0.25, -0.2) is 0 Å². The first kappa shape index (κ1) is 4.64. The average molecular weight is 166 g/mol. The Morgan fingerprint density at radius 3 is 1.50 bits per heavy atom. The van der Waals surface area contributed by atoms with Gasteiger partial charge in [-0.1, -0.05) is 0 Å². The molecular formula is MnO2Se. The molecule has 25 valence electrons. The second-order valence-electron chi connectivity index (χ2n) is 0.189. The third kappa shape index (κ3) is 17.4. The van der Waals surface area contributed by atoms with Crippen LogP contribution in [0.15, 0.2) is 0 Å². The Balaban J connectivity index is 4.65. The Labute approximate surface area is 33.2 Å². The van der Waals surface area contributed by atoms with Crippen molar-refractivity contribution in [2.24, 2.45) is 0 Å². The third-order valence-corrected chi connectivity index (χ3v) is 0. The molecule has 0 aliphatic heterocycles. The van der Waals surface area contributed by atoms with Crippen LogP contribution in [0, 0.1) is 0 Å². The van der Waals surface area contributed by atoms with Crippen LogP contribution in [0.5, 0.6) is 0 Å². The molecule has 0 amide bonds. The van der Waals surface area contributed by atoms with E-state index in [1.54, 1.807) is 0 Å². The summed E-state index contributed by atoms with van der Waals surface area (Å²) in [6.07, 6.45) is 0. The van der Waals surface area contributed by atoms with E-state index in [-0.39, 0.29) is 0 Å². The predicted octanol–water partition coefficient (Wildman–Crippen LogP) is -0.621. The van der Waals surface area contributed by atoms with Gasteiger partial charge in [0.15, 0.2) is 0 Å². The van der Waals surface area contributed by atoms with Crippen LogP contribution in [0.3, 0.4) is 0 Å². The molecule has 0 fully saturated rings. The minimum atomic E-state index is -2.52. The van der Waals surface area contributed by atoms with E-state index in [2.05, 4.69) is 0 Å². The molecule has 0 unspecified atom stereocenters. The molecule has 0 rings (SSSR count). The van der Waals surface area contributed by atoms with Crippen molar-refractivity contribution in [3.05, 3.63) is 0 Å². The maximum atomic E-state index is 9.02. The molecule has 0 heterocycles. The molecule has 2 nitrogen and oxygen atoms in total. The van der Waals surface area contributed by atoms with Crippen molar-refractivity contribution in [2.45, 2.75) is 0 Å². The van der Waals surface area contributed by atoms with Gasteiger partial charge in [0, 0.05) is 0 Å². The standard InChI is InChI=1S/Mn.2O.Se. The van der Waals surface area contributed by atoms with Crippen molar-refractivity contribution < 1.29 is 19.1 Å². The predicted molar refractivity (Wildman–Crippen MR) is 7.13 cm³/mol. The van der Waals surface area contributed by atoms with Crippen LogP contribution in [-0.4, -0.2) is 13.7 Å². The molecule has 0 aromatic carbocycles. The summed E-state index contributed by atoms with van der Waals surface area (Å²) < 4.78 is 18.0. The summed E-state index contributed by atoms with van der Waals surface area (Å²) in [6, 6.07) is 0. The first-order valence-corrected chi connectivity index (χ1v) is 4.58. The molecule has 0 atom stereocenters. The average Bonchev–Trinajstić information content (AvgIpc) is 0.811. The van der Waals surface area contributed by atoms with E-state index in [4.69, 9.17) is 7.67 Å². The molecule has 0 saturated heterocycles. The Morgan fingerprint density at radius 1 is 1.50 bits per heavy atom. The van der Waals surface area contributed by atoms with Gasteiger partial charge >= 0.3 is 32.7 Å². The zero-order valence-electron chi connectivity index (χ0n) is 1.60. The second kappa shape index (κ2) is 1.91. The van der Waals surface area contributed by atoms with Crippen LogP contribution in [0.25, 0.3) is 0 Å². The Kier molecular flexibility index (Phi) is 2.22. The monoisotopic (exact) mass is 167 g/mol. The van der Waals surface area contributed by atoms with E-state index >= 15 is 0 Å². The summed E-state index contributed by atoms with van der Waals surface area (Å²) in [5, 5.41) is 0. The van der Waals surface area contributed by atoms with E-state index in [0.717, 1.165) is 0 Å². The molecule has 0 spiro atoms. The van der Waals surface area contributed by atoms with Crippen LogP contribution < -0.4 is 0 Å². The SMILES string of the molecule is [O]=[Mn](=[O])=[Se]. The number of hydrogen-bond acceptors (Lipinski definition) is 2. The summed E-state index contributed by atoms with van der Waals surface area (Å²) in [5.41, 5.74) is 0. The molecule has 0 aliphatic rings. The van der Waals surface area contributed by atoms with Crippen LogP contribution in [0.4, 0.5) is 0 Å². The Bertz CT molecular complexity index is 75.4. The molecule has 4 heavy (non-hydrogen) atoms. The van der Waals surface area contributed by atoms with Gasteiger partial charge in [0.2, 0.25) is 0 Å². The van der Waals surface area contributed by atoms with Crippen LogP contribution in [-0.2, 0) is 19.1 Å². The van der Waals surface area contributed by atoms with Gasteiger partial charge < -0.3 is 0 Å². The summed E-state index contributed by atoms with van der Waals surface area (Å²) >= 11 is -0.625. The fourth-order valence-corrected chi connectivity index (χ4v) is 0. The molecule has 0 aromatic heterocycles. The Hall–Kier alpha value is 0.639. The molecule has 0 radical (unpaired) electrons. The topological polar surface area (TPSA) is 34.1 Å². The first-order chi connectivity index (χ1) is 1.73. The van der Waals surface area contributed by atoms with Crippen molar-refractivity contribution in [1.82, 2.24) is 0 Å². The fraction of sp³-hybridized carbons (Fsp3) is 0. The van der Waals surface area contributed by atoms with E-state index in [0.29, 0.717) is 0 Å². The summed E-state index contributed by atoms with van der Waals surface area (Å²) in [6.45, 7) is 0. The molecule has 0 N–H and O–H groups in total. The summed E-state index contributed by atoms with van der Waals surface area (Å²) in [4.78, 5) is 0. The van der Waals surface area contributed by atoms with Crippen molar-refractivity contribution >= 4 is 13.7 Å². The van der Waals surface area contributed by atoms with Crippen molar-refractivity contribution in [3.8, 4) is 0 Å². The van der Waals surface area contributed by atoms with Crippen LogP contribution in [0.1, 0.15) is 0 Å². The summed E-state index contributed by atoms with van der Waals surface area (Å²) in [5.74, 6) is 0. The molecule has 4 heteroatoms. The van der Waals surface area contributed by atoms with Crippen LogP contribution >= 0.6 is 0 Å². The number of rotatable bonds is 0. The van der Waals surface area contributed by atoms with Gasteiger partial charge in [-0.05, 0) is 0 Å². The van der Waals surface area contributed by atoms with Gasteiger partial charge in [-0.2, -0.15) is 0 Å². The van der Waals surface area contributed by atoms with Gasteiger partial charge in [0.05, 0.1) is 0 Å². The second-order valence-corrected chi connectivity index (χ2v) is 2.96.